The molecule has 0 saturated carbocycles. The van der Waals surface area contributed by atoms with Crippen LogP contribution in [-0.2, 0) is 26.2 Å². The highest BCUT2D eigenvalue weighted by atomic mass is 35.5. The molecule has 0 unspecified atom stereocenters. The van der Waals surface area contributed by atoms with Crippen LogP contribution in [0, 0.1) is 0 Å². The lowest BCUT2D eigenvalue weighted by Gasteiger charge is -2.34. The summed E-state index contributed by atoms with van der Waals surface area (Å²) in [7, 11) is -3.93. The molecule has 0 aromatic heterocycles. The second kappa shape index (κ2) is 12.2. The smallest absolute Gasteiger partial charge is 0.244 e. The van der Waals surface area contributed by atoms with Crippen molar-refractivity contribution < 1.29 is 18.0 Å². The Bertz CT molecular complexity index is 1190. The molecule has 0 saturated heterocycles. The summed E-state index contributed by atoms with van der Waals surface area (Å²) in [5, 5.41) is 3.92. The van der Waals surface area contributed by atoms with Crippen LogP contribution in [-0.4, -0.2) is 49.5 Å². The zero-order chi connectivity index (χ0) is 27.4. The van der Waals surface area contributed by atoms with Crippen LogP contribution in [0.4, 0.5) is 5.69 Å². The Morgan fingerprint density at radius 3 is 1.97 bits per heavy atom. The number of hydrogen-bond acceptors (Lipinski definition) is 4. The predicted molar refractivity (Wildman–Crippen MR) is 148 cm³/mol. The van der Waals surface area contributed by atoms with Gasteiger partial charge in [0, 0.05) is 37.7 Å². The molecule has 0 aliphatic carbocycles. The molecule has 36 heavy (non-hydrogen) atoms. The molecule has 2 aromatic carbocycles. The Kier molecular flexibility index (Phi) is 10.4. The zero-order valence-corrected chi connectivity index (χ0v) is 24.5. The predicted octanol–water partition coefficient (Wildman–Crippen LogP) is 5.79. The molecule has 7 nitrogen and oxygen atoms in total. The molecule has 2 aromatic rings. The Hall–Kier alpha value is -1.71. The van der Waals surface area contributed by atoms with Gasteiger partial charge in [-0.05, 0) is 57.5 Å². The Morgan fingerprint density at radius 1 is 1.00 bits per heavy atom. The molecular weight excluding hydrogens is 568 g/mol. The maximum Gasteiger partial charge on any atom is 0.244 e. The number of carbonyl (C=O) groups excluding carboxylic acids is 2. The number of rotatable bonds is 9. The molecule has 0 heterocycles. The number of amides is 2. The molecule has 1 N–H and O–H groups in total. The number of anilines is 1. The Balaban J connectivity index is 2.55. The molecule has 12 heteroatoms. The zero-order valence-electron chi connectivity index (χ0n) is 20.6. The van der Waals surface area contributed by atoms with E-state index in [0.717, 1.165) is 10.6 Å². The van der Waals surface area contributed by atoms with E-state index >= 15 is 0 Å². The molecule has 0 aliphatic heterocycles. The van der Waals surface area contributed by atoms with Crippen LogP contribution in [0.2, 0.25) is 20.1 Å². The van der Waals surface area contributed by atoms with Gasteiger partial charge in [-0.3, -0.25) is 13.9 Å². The van der Waals surface area contributed by atoms with Crippen molar-refractivity contribution >= 4 is 73.9 Å². The van der Waals surface area contributed by atoms with Gasteiger partial charge in [0.05, 0.1) is 11.9 Å². The molecule has 0 aliphatic rings. The van der Waals surface area contributed by atoms with E-state index in [2.05, 4.69) is 5.32 Å². The highest BCUT2D eigenvalue weighted by Gasteiger charge is 2.33. The van der Waals surface area contributed by atoms with E-state index in [0.29, 0.717) is 15.6 Å². The van der Waals surface area contributed by atoms with Crippen LogP contribution >= 0.6 is 46.4 Å². The van der Waals surface area contributed by atoms with Crippen LogP contribution in [0.3, 0.4) is 0 Å². The van der Waals surface area contributed by atoms with E-state index in [1.807, 2.05) is 20.8 Å². The average Bonchev–Trinajstić information content (AvgIpc) is 2.70. The summed E-state index contributed by atoms with van der Waals surface area (Å²) in [5.41, 5.74) is -0.00317. The van der Waals surface area contributed by atoms with Crippen molar-refractivity contribution in [1.29, 1.82) is 0 Å². The fourth-order valence-electron chi connectivity index (χ4n) is 3.52. The van der Waals surface area contributed by atoms with Crippen molar-refractivity contribution in [2.24, 2.45) is 0 Å². The SMILES string of the molecule is CC[C@H](C(=O)NC(C)(C)C)N(Cc1c(Cl)cccc1Cl)C(=O)CN(c1cc(Cl)cc(Cl)c1)S(C)(=O)=O. The first-order valence-corrected chi connectivity index (χ1v) is 14.4. The number of benzene rings is 2. The molecule has 0 fully saturated rings. The minimum atomic E-state index is -3.93. The third-order valence-electron chi connectivity index (χ3n) is 5.09. The third-order valence-corrected chi connectivity index (χ3v) is 7.37. The van der Waals surface area contributed by atoms with Crippen molar-refractivity contribution in [3.8, 4) is 0 Å². The van der Waals surface area contributed by atoms with E-state index in [1.54, 1.807) is 25.1 Å². The molecule has 0 spiro atoms. The lowest BCUT2D eigenvalue weighted by molar-refractivity contribution is -0.141. The lowest BCUT2D eigenvalue weighted by atomic mass is 10.1. The first-order chi connectivity index (χ1) is 16.5. The number of halogens is 4. The van der Waals surface area contributed by atoms with Gasteiger partial charge in [-0.1, -0.05) is 59.4 Å². The van der Waals surface area contributed by atoms with Gasteiger partial charge in [-0.25, -0.2) is 8.42 Å². The summed E-state index contributed by atoms with van der Waals surface area (Å²) in [6.07, 6.45) is 1.23. The summed E-state index contributed by atoms with van der Waals surface area (Å²) in [6.45, 7) is 6.51. The molecule has 198 valence electrons. The molecule has 1 atom stereocenters. The van der Waals surface area contributed by atoms with Gasteiger partial charge < -0.3 is 10.2 Å². The van der Waals surface area contributed by atoms with E-state index in [1.165, 1.54) is 23.1 Å². The van der Waals surface area contributed by atoms with Crippen molar-refractivity contribution in [1.82, 2.24) is 10.2 Å². The highest BCUT2D eigenvalue weighted by Crippen LogP contribution is 2.29. The summed E-state index contributed by atoms with van der Waals surface area (Å²) in [6, 6.07) is 8.22. The highest BCUT2D eigenvalue weighted by molar-refractivity contribution is 7.92. The normalized spacial score (nSPS) is 12.7. The van der Waals surface area contributed by atoms with Crippen LogP contribution < -0.4 is 9.62 Å². The van der Waals surface area contributed by atoms with Crippen LogP contribution in [0.15, 0.2) is 36.4 Å². The molecule has 0 bridgehead atoms. The average molecular weight is 597 g/mol. The van der Waals surface area contributed by atoms with Gasteiger partial charge in [-0.2, -0.15) is 0 Å². The number of sulfonamides is 1. The molecular formula is C24H29Cl4N3O4S. The number of carbonyl (C=O) groups is 2. The summed E-state index contributed by atoms with van der Waals surface area (Å²) >= 11 is 24.9. The lowest BCUT2D eigenvalue weighted by Crippen LogP contribution is -2.55. The molecule has 2 rings (SSSR count). The minimum absolute atomic E-state index is 0.110. The monoisotopic (exact) mass is 595 g/mol. The first kappa shape index (κ1) is 30.5. The largest absolute Gasteiger partial charge is 0.350 e. The van der Waals surface area contributed by atoms with E-state index < -0.39 is 40.0 Å². The van der Waals surface area contributed by atoms with Gasteiger partial charge >= 0.3 is 0 Å². The van der Waals surface area contributed by atoms with E-state index in [-0.39, 0.29) is 28.7 Å². The molecule has 2 amide bonds. The van der Waals surface area contributed by atoms with E-state index in [9.17, 15) is 18.0 Å². The van der Waals surface area contributed by atoms with Gasteiger partial charge in [0.2, 0.25) is 21.8 Å². The Morgan fingerprint density at radius 2 is 1.53 bits per heavy atom. The number of nitrogens with one attached hydrogen (secondary N) is 1. The van der Waals surface area contributed by atoms with Gasteiger partial charge in [0.1, 0.15) is 12.6 Å². The maximum absolute atomic E-state index is 13.7. The van der Waals surface area contributed by atoms with Gasteiger partial charge in [-0.15, -0.1) is 0 Å². The van der Waals surface area contributed by atoms with Crippen LogP contribution in [0.1, 0.15) is 39.7 Å². The fraction of sp³-hybridized carbons (Fsp3) is 0.417. The van der Waals surface area contributed by atoms with Crippen LogP contribution in [0.25, 0.3) is 0 Å². The standard InChI is InChI=1S/C24H29Cl4N3O4S/c1-6-21(23(33)29-24(2,3)4)30(13-18-19(27)8-7-9-20(18)28)22(32)14-31(36(5,34)35)17-11-15(25)10-16(26)12-17/h7-12,21H,6,13-14H2,1-5H3,(H,29,33)/t21-/m1/s1. The second-order valence-corrected chi connectivity index (χ2v) is 12.9. The fourth-order valence-corrected chi connectivity index (χ4v) is 5.39. The topological polar surface area (TPSA) is 86.8 Å². The summed E-state index contributed by atoms with van der Waals surface area (Å²) in [5.74, 6) is -1.03. The first-order valence-electron chi connectivity index (χ1n) is 11.0. The van der Waals surface area contributed by atoms with Gasteiger partial charge in [0.25, 0.3) is 0 Å². The number of nitrogens with zero attached hydrogens (tertiary/aromatic N) is 2. The van der Waals surface area contributed by atoms with Crippen molar-refractivity contribution in [3.05, 3.63) is 62.1 Å². The molecule has 0 radical (unpaired) electrons. The number of hydrogen-bond donors (Lipinski definition) is 1. The van der Waals surface area contributed by atoms with Gasteiger partial charge in [0.15, 0.2) is 0 Å². The second-order valence-electron chi connectivity index (χ2n) is 9.28. The van der Waals surface area contributed by atoms with E-state index in [4.69, 9.17) is 46.4 Å². The summed E-state index contributed by atoms with van der Waals surface area (Å²) in [4.78, 5) is 28.2. The summed E-state index contributed by atoms with van der Waals surface area (Å²) < 4.78 is 26.3. The quantitative estimate of drug-likeness (QED) is 0.397. The minimum Gasteiger partial charge on any atom is -0.350 e. The Labute approximate surface area is 232 Å². The van der Waals surface area contributed by atoms with Crippen LogP contribution in [0.5, 0.6) is 0 Å². The van der Waals surface area contributed by atoms with Crippen molar-refractivity contribution in [2.45, 2.75) is 52.2 Å². The maximum atomic E-state index is 13.7. The third kappa shape index (κ3) is 8.42. The van der Waals surface area contributed by atoms with Crippen molar-refractivity contribution in [3.63, 3.8) is 0 Å². The van der Waals surface area contributed by atoms with Crippen molar-refractivity contribution in [2.75, 3.05) is 17.1 Å².